The van der Waals surface area contributed by atoms with Gasteiger partial charge in [-0.3, -0.25) is 4.90 Å². The van der Waals surface area contributed by atoms with Crippen LogP contribution >= 0.6 is 22.9 Å². The maximum atomic E-state index is 13.0. The number of ether oxygens (including phenoxy) is 1. The van der Waals surface area contributed by atoms with Gasteiger partial charge in [0.15, 0.2) is 0 Å². The lowest BCUT2D eigenvalue weighted by Gasteiger charge is -2.26. The Morgan fingerprint density at radius 3 is 2.65 bits per heavy atom. The van der Waals surface area contributed by atoms with Crippen molar-refractivity contribution in [2.24, 2.45) is 7.05 Å². The van der Waals surface area contributed by atoms with E-state index in [1.807, 2.05) is 48.2 Å². The van der Waals surface area contributed by atoms with Gasteiger partial charge in [-0.1, -0.05) is 23.7 Å². The number of morpholine rings is 1. The largest absolute Gasteiger partial charge is 0.379 e. The number of sulfonamides is 1. The van der Waals surface area contributed by atoms with Crippen molar-refractivity contribution in [3.05, 3.63) is 46.4 Å². The van der Waals surface area contributed by atoms with E-state index in [1.165, 1.54) is 11.3 Å². The number of rotatable bonds is 7. The Hall–Kier alpha value is -1.75. The number of thiazole rings is 1. The third-order valence-electron chi connectivity index (χ3n) is 5.47. The molecule has 1 aliphatic rings. The predicted octanol–water partition coefficient (Wildman–Crippen LogP) is 3.39. The fraction of sp³-hybridized carbons (Fsp3) is 0.381. The molecular weight excluding hydrogens is 456 g/mol. The zero-order valence-electron chi connectivity index (χ0n) is 17.5. The highest BCUT2D eigenvalue weighted by atomic mass is 35.5. The van der Waals surface area contributed by atoms with Crippen molar-refractivity contribution in [2.45, 2.75) is 11.8 Å². The first-order chi connectivity index (χ1) is 14.8. The first-order valence-electron chi connectivity index (χ1n) is 10.0. The molecule has 3 heterocycles. The Bertz CT molecular complexity index is 1150. The van der Waals surface area contributed by atoms with Crippen LogP contribution in [0.15, 0.2) is 40.6 Å². The summed E-state index contributed by atoms with van der Waals surface area (Å²) in [5.74, 6) is 0. The summed E-state index contributed by atoms with van der Waals surface area (Å²) in [7, 11) is -1.76. The standard InChI is InChI=1S/C21H25ClN4O3S2/c1-15-20(31(27,28)23-7-8-26-9-11-29-12-10-26)13-19(25(15)2)21-24-18(14-30-21)16-3-5-17(22)6-4-16/h3-6,13-14,23H,7-12H2,1-2H3. The van der Waals surface area contributed by atoms with E-state index in [4.69, 9.17) is 21.3 Å². The SMILES string of the molecule is Cc1c(S(=O)(=O)NCCN2CCOCC2)cc(-c2nc(-c3ccc(Cl)cc3)cs2)n1C. The van der Waals surface area contributed by atoms with Crippen LogP contribution in [0.2, 0.25) is 5.02 Å². The smallest absolute Gasteiger partial charge is 0.242 e. The van der Waals surface area contributed by atoms with E-state index in [-0.39, 0.29) is 4.90 Å². The van der Waals surface area contributed by atoms with Crippen molar-refractivity contribution in [1.29, 1.82) is 0 Å². The average molecular weight is 481 g/mol. The highest BCUT2D eigenvalue weighted by Gasteiger charge is 2.23. The van der Waals surface area contributed by atoms with Crippen molar-refractivity contribution < 1.29 is 13.2 Å². The van der Waals surface area contributed by atoms with Crippen LogP contribution in [-0.2, 0) is 21.8 Å². The van der Waals surface area contributed by atoms with Gasteiger partial charge < -0.3 is 9.30 Å². The third kappa shape index (κ3) is 5.02. The Morgan fingerprint density at radius 1 is 1.23 bits per heavy atom. The summed E-state index contributed by atoms with van der Waals surface area (Å²) < 4.78 is 35.9. The van der Waals surface area contributed by atoms with E-state index in [9.17, 15) is 8.42 Å². The molecule has 1 aliphatic heterocycles. The van der Waals surface area contributed by atoms with Crippen LogP contribution in [-0.4, -0.2) is 62.3 Å². The first-order valence-corrected chi connectivity index (χ1v) is 12.8. The molecule has 10 heteroatoms. The molecular formula is C21H25ClN4O3S2. The molecule has 1 N–H and O–H groups in total. The average Bonchev–Trinajstić information content (AvgIpc) is 3.35. The maximum absolute atomic E-state index is 13.0. The zero-order valence-corrected chi connectivity index (χ0v) is 19.9. The van der Waals surface area contributed by atoms with Crippen LogP contribution in [0, 0.1) is 6.92 Å². The molecule has 0 spiro atoms. The van der Waals surface area contributed by atoms with Gasteiger partial charge in [0.2, 0.25) is 10.0 Å². The quantitative estimate of drug-likeness (QED) is 0.561. The van der Waals surface area contributed by atoms with Crippen LogP contribution in [0.4, 0.5) is 0 Å². The summed E-state index contributed by atoms with van der Waals surface area (Å²) in [6.45, 7) is 5.89. The maximum Gasteiger partial charge on any atom is 0.242 e. The van der Waals surface area contributed by atoms with Crippen molar-refractivity contribution in [3.63, 3.8) is 0 Å². The van der Waals surface area contributed by atoms with E-state index in [1.54, 1.807) is 6.07 Å². The minimum atomic E-state index is -3.62. The van der Waals surface area contributed by atoms with Gasteiger partial charge in [0.25, 0.3) is 0 Å². The number of nitrogens with zero attached hydrogens (tertiary/aromatic N) is 3. The summed E-state index contributed by atoms with van der Waals surface area (Å²) in [6.07, 6.45) is 0. The van der Waals surface area contributed by atoms with E-state index < -0.39 is 10.0 Å². The van der Waals surface area contributed by atoms with Gasteiger partial charge in [0.05, 0.1) is 24.6 Å². The summed E-state index contributed by atoms with van der Waals surface area (Å²) in [5, 5.41) is 3.41. The molecule has 0 amide bonds. The second-order valence-electron chi connectivity index (χ2n) is 7.43. The van der Waals surface area contributed by atoms with Crippen molar-refractivity contribution in [1.82, 2.24) is 19.2 Å². The Kier molecular flexibility index (Phi) is 6.80. The Balaban J connectivity index is 1.52. The first kappa shape index (κ1) is 22.4. The van der Waals surface area contributed by atoms with Gasteiger partial charge >= 0.3 is 0 Å². The third-order valence-corrected chi connectivity index (χ3v) is 8.16. The van der Waals surface area contributed by atoms with Crippen LogP contribution in [0.1, 0.15) is 5.69 Å². The van der Waals surface area contributed by atoms with Crippen LogP contribution in [0.3, 0.4) is 0 Å². The number of aromatic nitrogens is 2. The van der Waals surface area contributed by atoms with E-state index in [0.29, 0.717) is 37.0 Å². The molecule has 0 radical (unpaired) electrons. The van der Waals surface area contributed by atoms with Gasteiger partial charge in [-0.15, -0.1) is 11.3 Å². The number of halogens is 1. The highest BCUT2D eigenvalue weighted by Crippen LogP contribution is 2.32. The van der Waals surface area contributed by atoms with Gasteiger partial charge in [-0.2, -0.15) is 0 Å². The predicted molar refractivity (Wildman–Crippen MR) is 124 cm³/mol. The molecule has 1 saturated heterocycles. The van der Waals surface area contributed by atoms with Crippen molar-refractivity contribution >= 4 is 33.0 Å². The van der Waals surface area contributed by atoms with Gasteiger partial charge in [0.1, 0.15) is 9.90 Å². The summed E-state index contributed by atoms with van der Waals surface area (Å²) in [5.41, 5.74) is 3.26. The van der Waals surface area contributed by atoms with Crippen molar-refractivity contribution in [2.75, 3.05) is 39.4 Å². The minimum absolute atomic E-state index is 0.287. The molecule has 166 valence electrons. The molecule has 31 heavy (non-hydrogen) atoms. The molecule has 7 nitrogen and oxygen atoms in total. The summed E-state index contributed by atoms with van der Waals surface area (Å²) in [6, 6.07) is 9.21. The molecule has 0 unspecified atom stereocenters. The van der Waals surface area contributed by atoms with E-state index >= 15 is 0 Å². The lowest BCUT2D eigenvalue weighted by Crippen LogP contribution is -2.41. The van der Waals surface area contributed by atoms with Crippen LogP contribution < -0.4 is 4.72 Å². The van der Waals surface area contributed by atoms with Gasteiger partial charge in [-0.05, 0) is 25.1 Å². The second kappa shape index (κ2) is 9.40. The monoisotopic (exact) mass is 480 g/mol. The summed E-state index contributed by atoms with van der Waals surface area (Å²) in [4.78, 5) is 7.21. The molecule has 2 aromatic heterocycles. The highest BCUT2D eigenvalue weighted by molar-refractivity contribution is 7.89. The number of hydrogen-bond donors (Lipinski definition) is 1. The molecule has 1 aromatic carbocycles. The van der Waals surface area contributed by atoms with Gasteiger partial charge in [0, 0.05) is 54.9 Å². The zero-order chi connectivity index (χ0) is 22.0. The second-order valence-corrected chi connectivity index (χ2v) is 10.5. The number of benzene rings is 1. The molecule has 4 rings (SSSR count). The fourth-order valence-electron chi connectivity index (χ4n) is 3.53. The summed E-state index contributed by atoms with van der Waals surface area (Å²) >= 11 is 7.46. The number of nitrogens with one attached hydrogen (secondary N) is 1. The van der Waals surface area contributed by atoms with E-state index in [0.717, 1.165) is 35.0 Å². The molecule has 0 aliphatic carbocycles. The van der Waals surface area contributed by atoms with Crippen LogP contribution in [0.25, 0.3) is 22.0 Å². The minimum Gasteiger partial charge on any atom is -0.379 e. The Morgan fingerprint density at radius 2 is 1.94 bits per heavy atom. The lowest BCUT2D eigenvalue weighted by molar-refractivity contribution is 0.0390. The number of hydrogen-bond acceptors (Lipinski definition) is 6. The Labute approximate surface area is 191 Å². The van der Waals surface area contributed by atoms with Crippen molar-refractivity contribution in [3.8, 4) is 22.0 Å². The molecule has 0 bridgehead atoms. The molecule has 0 saturated carbocycles. The van der Waals surface area contributed by atoms with E-state index in [2.05, 4.69) is 9.62 Å². The molecule has 3 aromatic rings. The fourth-order valence-corrected chi connectivity index (χ4v) is 5.85. The molecule has 0 atom stereocenters. The van der Waals surface area contributed by atoms with Gasteiger partial charge in [-0.25, -0.2) is 18.1 Å². The lowest BCUT2D eigenvalue weighted by atomic mass is 10.2. The molecule has 1 fully saturated rings. The van der Waals surface area contributed by atoms with Crippen LogP contribution in [0.5, 0.6) is 0 Å². The topological polar surface area (TPSA) is 76.5 Å². The normalized spacial score (nSPS) is 15.5.